The van der Waals surface area contributed by atoms with Crippen LogP contribution < -0.4 is 10.6 Å². The fourth-order valence-electron chi connectivity index (χ4n) is 2.17. The summed E-state index contributed by atoms with van der Waals surface area (Å²) in [5, 5.41) is 12.0. The van der Waals surface area contributed by atoms with Crippen molar-refractivity contribution < 1.29 is 10.0 Å². The van der Waals surface area contributed by atoms with E-state index in [1.807, 2.05) is 24.3 Å². The Hall–Kier alpha value is -1.95. The minimum Gasteiger partial charge on any atom is -0.409 e. The Kier molecular flexibility index (Phi) is 4.68. The maximum absolute atomic E-state index is 11.9. The molecule has 0 bridgehead atoms. The number of nitrogens with two attached hydrogens (primary N) is 1. The fourth-order valence-corrected chi connectivity index (χ4v) is 2.29. The first kappa shape index (κ1) is 14.5. The van der Waals surface area contributed by atoms with Gasteiger partial charge in [0.1, 0.15) is 5.84 Å². The van der Waals surface area contributed by atoms with E-state index in [9.17, 15) is 4.79 Å². The number of nitrogens with zero attached hydrogens (tertiary/aromatic N) is 3. The first-order chi connectivity index (χ1) is 9.60. The van der Waals surface area contributed by atoms with Crippen molar-refractivity contribution in [2.24, 2.45) is 10.9 Å². The Balaban J connectivity index is 1.89. The van der Waals surface area contributed by atoms with Gasteiger partial charge in [-0.1, -0.05) is 16.8 Å². The van der Waals surface area contributed by atoms with Gasteiger partial charge in [-0.2, -0.15) is 0 Å². The van der Waals surface area contributed by atoms with Crippen LogP contribution in [-0.2, 0) is 4.79 Å². The number of benzene rings is 1. The molecule has 1 amide bonds. The molecule has 0 unspecified atom stereocenters. The largest absolute Gasteiger partial charge is 0.409 e. The van der Waals surface area contributed by atoms with Crippen molar-refractivity contribution in [3.8, 4) is 0 Å². The van der Waals surface area contributed by atoms with Crippen molar-refractivity contribution in [3.63, 3.8) is 0 Å². The lowest BCUT2D eigenvalue weighted by Crippen LogP contribution is -2.49. The van der Waals surface area contributed by atoms with Crippen LogP contribution in [0.3, 0.4) is 0 Å². The first-order valence-electron chi connectivity index (χ1n) is 6.35. The molecule has 0 radical (unpaired) electrons. The van der Waals surface area contributed by atoms with Gasteiger partial charge < -0.3 is 20.7 Å². The quantitative estimate of drug-likeness (QED) is 0.379. The number of oxime groups is 1. The molecule has 1 aromatic rings. The van der Waals surface area contributed by atoms with Crippen LogP contribution in [0.15, 0.2) is 29.4 Å². The summed E-state index contributed by atoms with van der Waals surface area (Å²) < 4.78 is 0. The van der Waals surface area contributed by atoms with Crippen LogP contribution in [0.1, 0.15) is 6.42 Å². The highest BCUT2D eigenvalue weighted by Crippen LogP contribution is 2.19. The van der Waals surface area contributed by atoms with Crippen molar-refractivity contribution >= 4 is 29.0 Å². The highest BCUT2D eigenvalue weighted by Gasteiger charge is 2.21. The highest BCUT2D eigenvalue weighted by molar-refractivity contribution is 6.30. The zero-order valence-corrected chi connectivity index (χ0v) is 11.8. The lowest BCUT2D eigenvalue weighted by Gasteiger charge is -2.36. The number of hydrogen-bond donors (Lipinski definition) is 2. The minimum absolute atomic E-state index is 0.0442. The molecule has 7 heteroatoms. The van der Waals surface area contributed by atoms with Gasteiger partial charge in [-0.05, 0) is 24.3 Å². The SMILES string of the molecule is N/C(CC(=O)N1CCN(c2ccc(Cl)cc2)CC1)=N\O. The summed E-state index contributed by atoms with van der Waals surface area (Å²) >= 11 is 5.86. The van der Waals surface area contributed by atoms with Gasteiger partial charge >= 0.3 is 0 Å². The number of carbonyl (C=O) groups excluding carboxylic acids is 1. The van der Waals surface area contributed by atoms with Gasteiger partial charge in [0.25, 0.3) is 0 Å². The molecule has 1 aliphatic heterocycles. The van der Waals surface area contributed by atoms with Gasteiger partial charge in [0.2, 0.25) is 5.91 Å². The van der Waals surface area contributed by atoms with Gasteiger partial charge in [-0.15, -0.1) is 0 Å². The Morgan fingerprint density at radius 3 is 2.40 bits per heavy atom. The third kappa shape index (κ3) is 3.54. The van der Waals surface area contributed by atoms with E-state index in [1.165, 1.54) is 0 Å². The summed E-state index contributed by atoms with van der Waals surface area (Å²) in [6.45, 7) is 2.76. The number of carbonyl (C=O) groups is 1. The van der Waals surface area contributed by atoms with Crippen molar-refractivity contribution in [2.45, 2.75) is 6.42 Å². The molecule has 0 saturated carbocycles. The molecule has 1 aromatic carbocycles. The number of anilines is 1. The average molecular weight is 297 g/mol. The third-order valence-corrected chi connectivity index (χ3v) is 3.54. The molecule has 0 aliphatic carbocycles. The molecule has 20 heavy (non-hydrogen) atoms. The van der Waals surface area contributed by atoms with Crippen LogP contribution in [0.4, 0.5) is 5.69 Å². The summed E-state index contributed by atoms with van der Waals surface area (Å²) in [6, 6.07) is 7.64. The molecular weight excluding hydrogens is 280 g/mol. The standard InChI is InChI=1S/C13H17ClN4O2/c14-10-1-3-11(4-2-10)17-5-7-18(8-6-17)13(19)9-12(15)16-20/h1-4,20H,5-9H2,(H2,15,16). The topological polar surface area (TPSA) is 82.2 Å². The summed E-state index contributed by atoms with van der Waals surface area (Å²) in [6.07, 6.45) is -0.0442. The summed E-state index contributed by atoms with van der Waals surface area (Å²) in [5.41, 5.74) is 6.44. The minimum atomic E-state index is -0.115. The van der Waals surface area contributed by atoms with Gasteiger partial charge in [-0.25, -0.2) is 0 Å². The molecule has 0 atom stereocenters. The molecular formula is C13H17ClN4O2. The molecule has 2 rings (SSSR count). The second-order valence-electron chi connectivity index (χ2n) is 4.61. The smallest absolute Gasteiger partial charge is 0.230 e. The van der Waals surface area contributed by atoms with Gasteiger partial charge in [-0.3, -0.25) is 4.79 Å². The van der Waals surface area contributed by atoms with E-state index >= 15 is 0 Å². The first-order valence-corrected chi connectivity index (χ1v) is 6.72. The summed E-state index contributed by atoms with van der Waals surface area (Å²) in [4.78, 5) is 15.8. The Morgan fingerprint density at radius 1 is 1.25 bits per heavy atom. The molecule has 3 N–H and O–H groups in total. The van der Waals surface area contributed by atoms with Crippen molar-refractivity contribution in [1.29, 1.82) is 0 Å². The van der Waals surface area contributed by atoms with E-state index in [0.717, 1.165) is 18.8 Å². The Bertz CT molecular complexity index is 496. The van der Waals surface area contributed by atoms with Crippen LogP contribution in [0, 0.1) is 0 Å². The van der Waals surface area contributed by atoms with E-state index in [0.29, 0.717) is 18.1 Å². The van der Waals surface area contributed by atoms with E-state index < -0.39 is 0 Å². The monoisotopic (exact) mass is 296 g/mol. The number of hydrogen-bond acceptors (Lipinski definition) is 4. The third-order valence-electron chi connectivity index (χ3n) is 3.28. The number of rotatable bonds is 3. The molecule has 0 spiro atoms. The molecule has 1 aliphatic rings. The lowest BCUT2D eigenvalue weighted by molar-refractivity contribution is -0.130. The number of piperazine rings is 1. The maximum atomic E-state index is 11.9. The number of amidine groups is 1. The Labute approximate surface area is 122 Å². The molecule has 6 nitrogen and oxygen atoms in total. The molecule has 1 saturated heterocycles. The predicted molar refractivity (Wildman–Crippen MR) is 78.3 cm³/mol. The van der Waals surface area contributed by atoms with E-state index in [1.54, 1.807) is 4.90 Å². The van der Waals surface area contributed by atoms with Gasteiger partial charge in [0.05, 0.1) is 6.42 Å². The molecule has 0 aromatic heterocycles. The molecule has 1 heterocycles. The number of halogens is 1. The lowest BCUT2D eigenvalue weighted by atomic mass is 10.2. The zero-order chi connectivity index (χ0) is 14.5. The van der Waals surface area contributed by atoms with Crippen LogP contribution in [-0.4, -0.2) is 48.0 Å². The average Bonchev–Trinajstić information content (AvgIpc) is 2.48. The highest BCUT2D eigenvalue weighted by atomic mass is 35.5. The number of amides is 1. The molecule has 108 valence electrons. The van der Waals surface area contributed by atoms with Crippen LogP contribution in [0.2, 0.25) is 5.02 Å². The van der Waals surface area contributed by atoms with E-state index in [4.69, 9.17) is 22.5 Å². The van der Waals surface area contributed by atoms with Crippen molar-refractivity contribution in [1.82, 2.24) is 4.90 Å². The van der Waals surface area contributed by atoms with Gasteiger partial charge in [0.15, 0.2) is 0 Å². The predicted octanol–water partition coefficient (Wildman–Crippen LogP) is 1.13. The van der Waals surface area contributed by atoms with Crippen LogP contribution in [0.25, 0.3) is 0 Å². The van der Waals surface area contributed by atoms with Crippen LogP contribution >= 0.6 is 11.6 Å². The van der Waals surface area contributed by atoms with Gasteiger partial charge in [0, 0.05) is 36.9 Å². The Morgan fingerprint density at radius 2 is 1.85 bits per heavy atom. The fraction of sp³-hybridized carbons (Fsp3) is 0.385. The van der Waals surface area contributed by atoms with Crippen molar-refractivity contribution in [2.75, 3.05) is 31.1 Å². The van der Waals surface area contributed by atoms with Crippen LogP contribution in [0.5, 0.6) is 0 Å². The zero-order valence-electron chi connectivity index (χ0n) is 11.0. The van der Waals surface area contributed by atoms with Crippen molar-refractivity contribution in [3.05, 3.63) is 29.3 Å². The second kappa shape index (κ2) is 6.47. The summed E-state index contributed by atoms with van der Waals surface area (Å²) in [5.74, 6) is -0.175. The normalized spacial score (nSPS) is 16.4. The van der Waals surface area contributed by atoms with E-state index in [2.05, 4.69) is 10.1 Å². The summed E-state index contributed by atoms with van der Waals surface area (Å²) in [7, 11) is 0. The van der Waals surface area contributed by atoms with E-state index in [-0.39, 0.29) is 18.2 Å². The molecule has 1 fully saturated rings. The second-order valence-corrected chi connectivity index (χ2v) is 5.05. The maximum Gasteiger partial charge on any atom is 0.230 e.